The van der Waals surface area contributed by atoms with Crippen LogP contribution in [0.2, 0.25) is 0 Å². The van der Waals surface area contributed by atoms with Gasteiger partial charge in [0.2, 0.25) is 11.8 Å². The third-order valence-corrected chi connectivity index (χ3v) is 5.01. The van der Waals surface area contributed by atoms with E-state index in [0.29, 0.717) is 13.0 Å². The second kappa shape index (κ2) is 7.09. The van der Waals surface area contributed by atoms with Gasteiger partial charge in [0.1, 0.15) is 5.41 Å². The summed E-state index contributed by atoms with van der Waals surface area (Å²) in [4.78, 5) is 24.7. The van der Waals surface area contributed by atoms with Gasteiger partial charge in [-0.2, -0.15) is 0 Å². The Hall–Kier alpha value is -2.62. The Morgan fingerprint density at radius 1 is 1.08 bits per heavy atom. The molecule has 0 bridgehead atoms. The summed E-state index contributed by atoms with van der Waals surface area (Å²) in [6.45, 7) is 4.32. The Balaban J connectivity index is 1.70. The van der Waals surface area contributed by atoms with E-state index >= 15 is 0 Å². The number of carbonyl (C=O) groups excluding carboxylic acids is 2. The lowest BCUT2D eigenvalue weighted by atomic mass is 9.80. The summed E-state index contributed by atoms with van der Waals surface area (Å²) in [5, 5.41) is 5.79. The number of benzene rings is 2. The summed E-state index contributed by atoms with van der Waals surface area (Å²) in [7, 11) is 0. The molecule has 2 N–H and O–H groups in total. The van der Waals surface area contributed by atoms with Crippen molar-refractivity contribution in [3.63, 3.8) is 0 Å². The maximum atomic E-state index is 12.6. The molecule has 25 heavy (non-hydrogen) atoms. The van der Waals surface area contributed by atoms with Gasteiger partial charge in [-0.1, -0.05) is 54.6 Å². The van der Waals surface area contributed by atoms with E-state index in [9.17, 15) is 9.59 Å². The third-order valence-electron chi connectivity index (χ3n) is 5.01. The van der Waals surface area contributed by atoms with Crippen molar-refractivity contribution in [2.24, 2.45) is 5.41 Å². The quantitative estimate of drug-likeness (QED) is 0.840. The number of hydrogen-bond acceptors (Lipinski definition) is 2. The lowest BCUT2D eigenvalue weighted by molar-refractivity contribution is -0.145. The third kappa shape index (κ3) is 3.58. The van der Waals surface area contributed by atoms with Crippen molar-refractivity contribution in [1.29, 1.82) is 0 Å². The van der Waals surface area contributed by atoms with Crippen LogP contribution >= 0.6 is 0 Å². The van der Waals surface area contributed by atoms with Crippen molar-refractivity contribution in [3.8, 4) is 11.1 Å². The van der Waals surface area contributed by atoms with Crippen LogP contribution in [-0.2, 0) is 9.59 Å². The molecular formula is C21H24N2O2. The molecule has 4 heteroatoms. The van der Waals surface area contributed by atoms with Gasteiger partial charge in [0.05, 0.1) is 6.04 Å². The Bertz CT molecular complexity index is 755. The molecule has 1 saturated heterocycles. The number of nitrogens with one attached hydrogen (secondary N) is 2. The lowest BCUT2D eigenvalue weighted by Gasteiger charge is -2.32. The van der Waals surface area contributed by atoms with E-state index in [1.54, 1.807) is 6.92 Å². The number of hydrogen-bond donors (Lipinski definition) is 2. The molecule has 2 unspecified atom stereocenters. The van der Waals surface area contributed by atoms with E-state index in [1.165, 1.54) is 0 Å². The second-order valence-corrected chi connectivity index (χ2v) is 6.87. The van der Waals surface area contributed by atoms with Crippen molar-refractivity contribution in [2.45, 2.75) is 32.7 Å². The maximum absolute atomic E-state index is 12.6. The predicted molar refractivity (Wildman–Crippen MR) is 98.8 cm³/mol. The van der Waals surface area contributed by atoms with Crippen LogP contribution in [-0.4, -0.2) is 18.4 Å². The van der Waals surface area contributed by atoms with Crippen molar-refractivity contribution < 1.29 is 9.59 Å². The molecule has 130 valence electrons. The summed E-state index contributed by atoms with van der Waals surface area (Å²) >= 11 is 0. The van der Waals surface area contributed by atoms with Crippen LogP contribution in [0.1, 0.15) is 38.3 Å². The van der Waals surface area contributed by atoms with Crippen molar-refractivity contribution in [1.82, 2.24) is 10.6 Å². The smallest absolute Gasteiger partial charge is 0.235 e. The molecular weight excluding hydrogens is 312 g/mol. The fourth-order valence-electron chi connectivity index (χ4n) is 3.20. The highest BCUT2D eigenvalue weighted by atomic mass is 16.2. The van der Waals surface area contributed by atoms with Gasteiger partial charge in [-0.15, -0.1) is 0 Å². The van der Waals surface area contributed by atoms with E-state index in [2.05, 4.69) is 34.9 Å². The minimum Gasteiger partial charge on any atom is -0.355 e. The van der Waals surface area contributed by atoms with Gasteiger partial charge in [-0.3, -0.25) is 9.59 Å². The molecule has 0 aliphatic carbocycles. The summed E-state index contributed by atoms with van der Waals surface area (Å²) in [6.07, 6.45) is 1.42. The topological polar surface area (TPSA) is 58.2 Å². The van der Waals surface area contributed by atoms with Gasteiger partial charge in [0.15, 0.2) is 0 Å². The van der Waals surface area contributed by atoms with Gasteiger partial charge < -0.3 is 10.6 Å². The molecule has 4 nitrogen and oxygen atoms in total. The Labute approximate surface area is 148 Å². The van der Waals surface area contributed by atoms with Crippen LogP contribution in [0.15, 0.2) is 54.6 Å². The largest absolute Gasteiger partial charge is 0.355 e. The zero-order valence-electron chi connectivity index (χ0n) is 14.7. The van der Waals surface area contributed by atoms with Crippen LogP contribution in [0.5, 0.6) is 0 Å². The standard InChI is InChI=1S/C21H24N2O2/c1-15(23-20(25)21(2)13-6-14-22-19(21)24)16-9-11-18(12-10-16)17-7-4-3-5-8-17/h3-5,7-12,15H,6,13-14H2,1-2H3,(H,22,24)(H,23,25). The van der Waals surface area contributed by atoms with Gasteiger partial charge >= 0.3 is 0 Å². The van der Waals surface area contributed by atoms with E-state index in [4.69, 9.17) is 0 Å². The first-order valence-corrected chi connectivity index (χ1v) is 8.75. The average Bonchev–Trinajstić information content (AvgIpc) is 2.65. The zero-order chi connectivity index (χ0) is 17.9. The first-order chi connectivity index (χ1) is 12.0. The van der Waals surface area contributed by atoms with Gasteiger partial charge in [0, 0.05) is 6.54 Å². The Kier molecular flexibility index (Phi) is 4.88. The minimum atomic E-state index is -0.976. The number of carbonyl (C=O) groups is 2. The highest BCUT2D eigenvalue weighted by Crippen LogP contribution is 2.28. The maximum Gasteiger partial charge on any atom is 0.235 e. The van der Waals surface area contributed by atoms with Crippen molar-refractivity contribution >= 4 is 11.8 Å². The normalized spacial score (nSPS) is 21.3. The summed E-state index contributed by atoms with van der Waals surface area (Å²) < 4.78 is 0. The monoisotopic (exact) mass is 336 g/mol. The van der Waals surface area contributed by atoms with Crippen LogP contribution in [0, 0.1) is 5.41 Å². The molecule has 0 radical (unpaired) electrons. The van der Waals surface area contributed by atoms with Crippen LogP contribution in [0.3, 0.4) is 0 Å². The number of rotatable bonds is 4. The van der Waals surface area contributed by atoms with E-state index < -0.39 is 5.41 Å². The molecule has 2 atom stereocenters. The summed E-state index contributed by atoms with van der Waals surface area (Å²) in [6, 6.07) is 18.2. The zero-order valence-corrected chi connectivity index (χ0v) is 14.7. The first kappa shape index (κ1) is 17.2. The van der Waals surface area contributed by atoms with E-state index in [0.717, 1.165) is 23.1 Å². The molecule has 1 aliphatic heterocycles. The first-order valence-electron chi connectivity index (χ1n) is 8.75. The molecule has 3 rings (SSSR count). The van der Waals surface area contributed by atoms with Gasteiger partial charge in [-0.25, -0.2) is 0 Å². The molecule has 1 aliphatic rings. The van der Waals surface area contributed by atoms with Crippen molar-refractivity contribution in [3.05, 3.63) is 60.2 Å². The molecule has 0 spiro atoms. The van der Waals surface area contributed by atoms with Gasteiger partial charge in [-0.05, 0) is 43.4 Å². The summed E-state index contributed by atoms with van der Waals surface area (Å²) in [5.41, 5.74) is 2.35. The number of amides is 2. The molecule has 2 aromatic rings. The fraction of sp³-hybridized carbons (Fsp3) is 0.333. The van der Waals surface area contributed by atoms with Crippen LogP contribution in [0.25, 0.3) is 11.1 Å². The van der Waals surface area contributed by atoms with E-state index in [-0.39, 0.29) is 17.9 Å². The second-order valence-electron chi connectivity index (χ2n) is 6.87. The molecule has 1 heterocycles. The lowest BCUT2D eigenvalue weighted by Crippen LogP contribution is -2.53. The average molecular weight is 336 g/mol. The summed E-state index contributed by atoms with van der Waals surface area (Å²) in [5.74, 6) is -0.382. The molecule has 1 fully saturated rings. The SMILES string of the molecule is CC(NC(=O)C1(C)CCCNC1=O)c1ccc(-c2ccccc2)cc1. The van der Waals surface area contributed by atoms with Crippen LogP contribution in [0.4, 0.5) is 0 Å². The molecule has 0 saturated carbocycles. The Morgan fingerprint density at radius 2 is 1.72 bits per heavy atom. The van der Waals surface area contributed by atoms with E-state index in [1.807, 2.05) is 37.3 Å². The molecule has 0 aromatic heterocycles. The number of piperidine rings is 1. The fourth-order valence-corrected chi connectivity index (χ4v) is 3.20. The van der Waals surface area contributed by atoms with Crippen LogP contribution < -0.4 is 10.6 Å². The van der Waals surface area contributed by atoms with Crippen molar-refractivity contribution in [2.75, 3.05) is 6.54 Å². The minimum absolute atomic E-state index is 0.149. The predicted octanol–water partition coefficient (Wildman–Crippen LogP) is 3.45. The van der Waals surface area contributed by atoms with Gasteiger partial charge in [0.25, 0.3) is 0 Å². The highest BCUT2D eigenvalue weighted by Gasteiger charge is 2.42. The Morgan fingerprint density at radius 3 is 2.36 bits per heavy atom. The molecule has 2 aromatic carbocycles. The highest BCUT2D eigenvalue weighted by molar-refractivity contribution is 6.05. The molecule has 2 amide bonds.